The predicted molar refractivity (Wildman–Crippen MR) is 93.5 cm³/mol. The van der Waals surface area contributed by atoms with E-state index < -0.39 is 9.73 Å². The zero-order valence-electron chi connectivity index (χ0n) is 15.1. The van der Waals surface area contributed by atoms with E-state index in [4.69, 9.17) is 9.31 Å². The second-order valence-electron chi connectivity index (χ2n) is 8.08. The van der Waals surface area contributed by atoms with Crippen molar-refractivity contribution in [1.82, 2.24) is 0 Å². The summed E-state index contributed by atoms with van der Waals surface area (Å²) in [5.41, 5.74) is -0.599. The molecule has 126 valence electrons. The van der Waals surface area contributed by atoms with Crippen LogP contribution in [-0.4, -0.2) is 41.1 Å². The summed E-state index contributed by atoms with van der Waals surface area (Å²) in [5.74, 6) is 0.920. The summed E-state index contributed by atoms with van der Waals surface area (Å²) in [4.78, 5) is 0. The third-order valence-electron chi connectivity index (χ3n) is 5.44. The van der Waals surface area contributed by atoms with Crippen LogP contribution in [0.3, 0.4) is 0 Å². The lowest BCUT2D eigenvalue weighted by atomic mass is 9.60. The Morgan fingerprint density at radius 3 is 1.95 bits per heavy atom. The molecule has 2 aliphatic rings. The molecule has 1 aliphatic carbocycles. The highest BCUT2D eigenvalue weighted by Crippen LogP contribution is 2.45. The quantitative estimate of drug-likeness (QED) is 0.587. The molecule has 0 aromatic carbocycles. The maximum absolute atomic E-state index is 11.9. The molecule has 0 amide bonds. The van der Waals surface area contributed by atoms with Crippen molar-refractivity contribution < 1.29 is 13.5 Å². The van der Waals surface area contributed by atoms with Gasteiger partial charge in [-0.1, -0.05) is 26.0 Å². The molecule has 0 bridgehead atoms. The van der Waals surface area contributed by atoms with E-state index in [0.717, 1.165) is 0 Å². The van der Waals surface area contributed by atoms with Gasteiger partial charge >= 0.3 is 7.12 Å². The number of hydrogen-bond acceptors (Lipinski definition) is 4. The zero-order chi connectivity index (χ0) is 16.9. The maximum atomic E-state index is 11.9. The molecule has 1 fully saturated rings. The summed E-state index contributed by atoms with van der Waals surface area (Å²) in [5, 5.41) is 0. The Morgan fingerprint density at radius 2 is 1.59 bits per heavy atom. The van der Waals surface area contributed by atoms with Crippen molar-refractivity contribution in [2.24, 2.45) is 16.2 Å². The van der Waals surface area contributed by atoms with Crippen molar-refractivity contribution in [3.8, 4) is 0 Å². The van der Waals surface area contributed by atoms with E-state index in [1.165, 1.54) is 0 Å². The van der Waals surface area contributed by atoms with Gasteiger partial charge in [-0.3, -0.25) is 4.21 Å². The van der Waals surface area contributed by atoms with Gasteiger partial charge in [-0.15, -0.1) is 0 Å². The number of rotatable bonds is 4. The van der Waals surface area contributed by atoms with Crippen molar-refractivity contribution in [2.75, 3.05) is 12.5 Å². The predicted octanol–water partition coefficient (Wildman–Crippen LogP) is 3.39. The normalized spacial score (nSPS) is 32.5. The Labute approximate surface area is 136 Å². The molecule has 0 saturated carbocycles. The van der Waals surface area contributed by atoms with Gasteiger partial charge < -0.3 is 9.31 Å². The molecule has 0 aromatic rings. The number of hydrogen-bond donors (Lipinski definition) is 0. The van der Waals surface area contributed by atoms with Crippen LogP contribution < -0.4 is 0 Å². The standard InChI is InChI=1S/C16H30BNO3S/c1-11(13-9-10-14(13)18-22(7,8)19)12(2)17-20-15(3,4)16(5,6)21-17/h9-14H,1-8H3/t11-,12+,13-,14?/m0/s1. The van der Waals surface area contributed by atoms with Crippen LogP contribution in [0, 0.1) is 11.8 Å². The minimum absolute atomic E-state index is 0.0578. The fourth-order valence-corrected chi connectivity index (χ4v) is 3.72. The molecule has 6 heteroatoms. The lowest BCUT2D eigenvalue weighted by molar-refractivity contribution is 0.00578. The van der Waals surface area contributed by atoms with Gasteiger partial charge in [0, 0.05) is 28.2 Å². The first kappa shape index (κ1) is 18.0. The van der Waals surface area contributed by atoms with E-state index in [9.17, 15) is 4.21 Å². The Bertz CT molecular complexity index is 554. The van der Waals surface area contributed by atoms with Crippen LogP contribution in [0.1, 0.15) is 41.5 Å². The Morgan fingerprint density at radius 1 is 1.09 bits per heavy atom. The monoisotopic (exact) mass is 327 g/mol. The van der Waals surface area contributed by atoms with Crippen LogP contribution in [0.25, 0.3) is 0 Å². The molecule has 0 N–H and O–H groups in total. The average molecular weight is 327 g/mol. The molecule has 1 unspecified atom stereocenters. The molecule has 1 aliphatic heterocycles. The molecule has 22 heavy (non-hydrogen) atoms. The molecule has 0 spiro atoms. The van der Waals surface area contributed by atoms with Crippen LogP contribution in [-0.2, 0) is 19.0 Å². The largest absolute Gasteiger partial charge is 0.461 e. The van der Waals surface area contributed by atoms with Crippen molar-refractivity contribution in [3.05, 3.63) is 12.2 Å². The highest BCUT2D eigenvalue weighted by molar-refractivity contribution is 7.92. The summed E-state index contributed by atoms with van der Waals surface area (Å²) in [6, 6.07) is 0.0578. The van der Waals surface area contributed by atoms with Crippen LogP contribution in [0.2, 0.25) is 5.82 Å². The van der Waals surface area contributed by atoms with Gasteiger partial charge in [-0.2, -0.15) is 0 Å². The third kappa shape index (κ3) is 3.44. The van der Waals surface area contributed by atoms with Crippen LogP contribution in [0.15, 0.2) is 16.5 Å². The van der Waals surface area contributed by atoms with Crippen molar-refractivity contribution in [1.29, 1.82) is 0 Å². The lowest BCUT2D eigenvalue weighted by Gasteiger charge is -2.35. The van der Waals surface area contributed by atoms with Gasteiger partial charge in [-0.25, -0.2) is 4.36 Å². The van der Waals surface area contributed by atoms with Gasteiger partial charge in [0.25, 0.3) is 0 Å². The summed E-state index contributed by atoms with van der Waals surface area (Å²) in [6.45, 7) is 12.7. The topological polar surface area (TPSA) is 47.9 Å². The van der Waals surface area contributed by atoms with E-state index in [2.05, 4.69) is 52.0 Å². The van der Waals surface area contributed by atoms with Crippen LogP contribution >= 0.6 is 0 Å². The highest BCUT2D eigenvalue weighted by atomic mass is 32.2. The van der Waals surface area contributed by atoms with Crippen molar-refractivity contribution in [3.63, 3.8) is 0 Å². The minimum Gasteiger partial charge on any atom is -0.403 e. The number of nitrogens with zero attached hydrogens (tertiary/aromatic N) is 1. The molecule has 0 aromatic heterocycles. The fourth-order valence-electron chi connectivity index (χ4n) is 2.93. The Balaban J connectivity index is 2.07. The van der Waals surface area contributed by atoms with Gasteiger partial charge in [0.05, 0.1) is 17.2 Å². The summed E-state index contributed by atoms with van der Waals surface area (Å²) >= 11 is 0. The van der Waals surface area contributed by atoms with Crippen LogP contribution in [0.4, 0.5) is 0 Å². The average Bonchev–Trinajstić information content (AvgIpc) is 2.52. The molecule has 0 radical (unpaired) electrons. The van der Waals surface area contributed by atoms with Crippen molar-refractivity contribution in [2.45, 2.75) is 64.6 Å². The first-order valence-corrected chi connectivity index (χ1v) is 10.4. The van der Waals surface area contributed by atoms with Gasteiger partial charge in [0.2, 0.25) is 0 Å². The second-order valence-corrected chi connectivity index (χ2v) is 10.7. The molecule has 4 nitrogen and oxygen atoms in total. The summed E-state index contributed by atoms with van der Waals surface area (Å²) in [7, 11) is -2.28. The lowest BCUT2D eigenvalue weighted by Crippen LogP contribution is -2.41. The maximum Gasteiger partial charge on any atom is 0.461 e. The first-order chi connectivity index (χ1) is 9.84. The van der Waals surface area contributed by atoms with E-state index in [1.807, 2.05) is 6.08 Å². The van der Waals surface area contributed by atoms with Gasteiger partial charge in [-0.05, 0) is 39.4 Å². The Kier molecular flexibility index (Phi) is 4.62. The van der Waals surface area contributed by atoms with E-state index in [1.54, 1.807) is 12.5 Å². The molecule has 1 heterocycles. The van der Waals surface area contributed by atoms with Crippen LogP contribution in [0.5, 0.6) is 0 Å². The van der Waals surface area contributed by atoms with Gasteiger partial charge in [0.1, 0.15) is 0 Å². The molecule has 2 rings (SSSR count). The smallest absolute Gasteiger partial charge is 0.403 e. The van der Waals surface area contributed by atoms with E-state index in [-0.39, 0.29) is 30.2 Å². The molecule has 4 atom stereocenters. The fraction of sp³-hybridized carbons (Fsp3) is 0.875. The third-order valence-corrected chi connectivity index (χ3v) is 6.19. The van der Waals surface area contributed by atoms with E-state index >= 15 is 0 Å². The molecule has 1 saturated heterocycles. The molecular formula is C16H30BNO3S. The van der Waals surface area contributed by atoms with Gasteiger partial charge in [0.15, 0.2) is 0 Å². The first-order valence-electron chi connectivity index (χ1n) is 8.04. The second kappa shape index (κ2) is 5.64. The Hall–Kier alpha value is -0.325. The van der Waals surface area contributed by atoms with E-state index in [0.29, 0.717) is 11.8 Å². The minimum atomic E-state index is -2.07. The SMILES string of the molecule is C[C@H]([C@@H]1C=CC1N=S(C)(C)=O)[C@@H](C)B1OC(C)(C)C(C)(C)O1. The van der Waals surface area contributed by atoms with Crippen molar-refractivity contribution >= 4 is 16.8 Å². The summed E-state index contributed by atoms with van der Waals surface area (Å²) < 4.78 is 28.7. The summed E-state index contributed by atoms with van der Waals surface area (Å²) in [6.07, 6.45) is 7.60. The highest BCUT2D eigenvalue weighted by Gasteiger charge is 2.54. The zero-order valence-corrected chi connectivity index (χ0v) is 15.9. The molecular weight excluding hydrogens is 297 g/mol.